The third kappa shape index (κ3) is 4.59. The molecule has 0 aromatic heterocycles. The minimum absolute atomic E-state index is 0.102. The van der Waals surface area contributed by atoms with Crippen molar-refractivity contribution >= 4 is 10.5 Å². The molecule has 0 unspecified atom stereocenters. The minimum Gasteiger partial charge on any atom is -0.489 e. The molecule has 0 bridgehead atoms. The van der Waals surface area contributed by atoms with Gasteiger partial charge < -0.3 is 8.92 Å². The van der Waals surface area contributed by atoms with Crippen molar-refractivity contribution in [2.45, 2.75) is 6.61 Å². The van der Waals surface area contributed by atoms with Crippen molar-refractivity contribution in [2.24, 2.45) is 0 Å². The Morgan fingerprint density at radius 3 is 2.05 bits per heavy atom. The average Bonchev–Trinajstić information content (AvgIpc) is 2.37. The van der Waals surface area contributed by atoms with Gasteiger partial charge in [-0.3, -0.25) is 0 Å². The molecule has 0 atom stereocenters. The van der Waals surface area contributed by atoms with Gasteiger partial charge in [0.15, 0.2) is 0 Å². The Labute approximate surface area is 110 Å². The van der Waals surface area contributed by atoms with E-state index >= 15 is 0 Å². The first-order chi connectivity index (χ1) is 9.03. The molecule has 0 aliphatic heterocycles. The van der Waals surface area contributed by atoms with Crippen molar-refractivity contribution in [3.8, 4) is 11.5 Å². The van der Waals surface area contributed by atoms with Gasteiger partial charge in [0, 0.05) is 0 Å². The molecule has 0 saturated carbocycles. The first-order valence-corrected chi connectivity index (χ1v) is 6.75. The lowest BCUT2D eigenvalue weighted by molar-refractivity contribution is 0.306. The van der Waals surface area contributed by atoms with E-state index in [0.717, 1.165) is 5.56 Å². The van der Waals surface area contributed by atoms with Gasteiger partial charge in [-0.15, -0.1) is 0 Å². The fraction of sp³-hybridized carbons (Fsp3) is 0.0769. The van der Waals surface area contributed by atoms with Gasteiger partial charge in [-0.2, -0.15) is 8.42 Å². The van der Waals surface area contributed by atoms with Crippen molar-refractivity contribution in [2.75, 3.05) is 0 Å². The van der Waals surface area contributed by atoms with Crippen LogP contribution in [0, 0.1) is 0 Å². The smallest absolute Gasteiger partial charge is 0.488 e. The summed E-state index contributed by atoms with van der Waals surface area (Å²) >= 11 is 0. The van der Waals surface area contributed by atoms with Gasteiger partial charge in [-0.05, 0) is 29.8 Å². The van der Waals surface area contributed by atoms with E-state index in [4.69, 9.17) is 4.74 Å². The summed E-state index contributed by atoms with van der Waals surface area (Å²) in [4.78, 5) is 0. The number of hydrogen-bond donors (Lipinski definition) is 0. The van der Waals surface area contributed by atoms with E-state index in [1.165, 1.54) is 24.3 Å². The van der Waals surface area contributed by atoms with Crippen LogP contribution in [0.3, 0.4) is 0 Å². The topological polar surface area (TPSA) is 52.6 Å². The van der Waals surface area contributed by atoms with Crippen LogP contribution in [0.5, 0.6) is 11.5 Å². The Balaban J connectivity index is 1.96. The molecule has 0 fully saturated rings. The maximum atomic E-state index is 12.3. The Kier molecular flexibility index (Phi) is 4.01. The maximum Gasteiger partial charge on any atom is 0.488 e. The van der Waals surface area contributed by atoms with Gasteiger partial charge in [0.2, 0.25) is 0 Å². The zero-order chi connectivity index (χ0) is 13.7. The van der Waals surface area contributed by atoms with E-state index in [0.29, 0.717) is 12.4 Å². The molecule has 2 rings (SSSR count). The Hall–Kier alpha value is -2.08. The van der Waals surface area contributed by atoms with E-state index < -0.39 is 10.5 Å². The van der Waals surface area contributed by atoms with Crippen LogP contribution < -0.4 is 8.92 Å². The molecule has 0 saturated heterocycles. The zero-order valence-electron chi connectivity index (χ0n) is 9.82. The molecule has 0 aliphatic carbocycles. The number of rotatable bonds is 5. The molecule has 0 aliphatic rings. The van der Waals surface area contributed by atoms with Crippen LogP contribution in [0.15, 0.2) is 54.6 Å². The number of hydrogen-bond acceptors (Lipinski definition) is 4. The summed E-state index contributed by atoms with van der Waals surface area (Å²) < 4.78 is 42.4. The van der Waals surface area contributed by atoms with Crippen LogP contribution >= 0.6 is 0 Å². The lowest BCUT2D eigenvalue weighted by Gasteiger charge is -2.06. The van der Waals surface area contributed by atoms with Gasteiger partial charge in [-0.25, -0.2) is 0 Å². The van der Waals surface area contributed by atoms with Crippen LogP contribution in [0.25, 0.3) is 0 Å². The predicted molar refractivity (Wildman–Crippen MR) is 67.9 cm³/mol. The number of benzene rings is 2. The standard InChI is InChI=1S/C13H11FO4S/c14-19(15,16)18-13-8-6-12(7-9-13)17-10-11-4-2-1-3-5-11/h1-9H,10H2. The van der Waals surface area contributed by atoms with Crippen LogP contribution in [-0.4, -0.2) is 8.42 Å². The van der Waals surface area contributed by atoms with E-state index in [9.17, 15) is 12.3 Å². The molecule has 0 N–H and O–H groups in total. The van der Waals surface area contributed by atoms with Gasteiger partial charge in [0.25, 0.3) is 0 Å². The van der Waals surface area contributed by atoms with Crippen molar-refractivity contribution in [1.29, 1.82) is 0 Å². The van der Waals surface area contributed by atoms with E-state index in [1.807, 2.05) is 30.3 Å². The average molecular weight is 282 g/mol. The van der Waals surface area contributed by atoms with Crippen molar-refractivity contribution in [3.63, 3.8) is 0 Å². The minimum atomic E-state index is -4.99. The molecule has 6 heteroatoms. The van der Waals surface area contributed by atoms with E-state index in [1.54, 1.807) is 0 Å². The SMILES string of the molecule is O=S(=O)(F)Oc1ccc(OCc2ccccc2)cc1. The second-order valence-corrected chi connectivity index (χ2v) is 4.67. The molecule has 0 radical (unpaired) electrons. The molecule has 0 spiro atoms. The Morgan fingerprint density at radius 2 is 1.47 bits per heavy atom. The third-order valence-corrected chi connectivity index (χ3v) is 2.66. The highest BCUT2D eigenvalue weighted by Crippen LogP contribution is 2.20. The first-order valence-electron chi connectivity index (χ1n) is 5.44. The lowest BCUT2D eigenvalue weighted by Crippen LogP contribution is -2.01. The van der Waals surface area contributed by atoms with Crippen LogP contribution in [-0.2, 0) is 17.1 Å². The molecular formula is C13H11FO4S. The van der Waals surface area contributed by atoms with Crippen molar-refractivity contribution in [3.05, 3.63) is 60.2 Å². The second kappa shape index (κ2) is 5.71. The van der Waals surface area contributed by atoms with Crippen LogP contribution in [0.2, 0.25) is 0 Å². The first kappa shape index (κ1) is 13.4. The summed E-state index contributed by atoms with van der Waals surface area (Å²) in [6.45, 7) is 0.391. The molecule has 0 heterocycles. The monoisotopic (exact) mass is 282 g/mol. The zero-order valence-corrected chi connectivity index (χ0v) is 10.6. The highest BCUT2D eigenvalue weighted by molar-refractivity contribution is 7.81. The van der Waals surface area contributed by atoms with Gasteiger partial charge in [-0.1, -0.05) is 34.2 Å². The summed E-state index contributed by atoms with van der Waals surface area (Å²) in [5.74, 6) is 0.432. The Bertz CT molecular complexity index is 623. The van der Waals surface area contributed by atoms with Crippen molar-refractivity contribution < 1.29 is 21.2 Å². The number of halogens is 1. The fourth-order valence-corrected chi connectivity index (χ4v) is 1.79. The van der Waals surface area contributed by atoms with Crippen LogP contribution in [0.4, 0.5) is 3.89 Å². The highest BCUT2D eigenvalue weighted by atomic mass is 32.3. The lowest BCUT2D eigenvalue weighted by atomic mass is 10.2. The molecule has 4 nitrogen and oxygen atoms in total. The normalized spacial score (nSPS) is 11.0. The third-order valence-electron chi connectivity index (χ3n) is 2.27. The largest absolute Gasteiger partial charge is 0.489 e. The molecule has 100 valence electrons. The summed E-state index contributed by atoms with van der Waals surface area (Å²) in [5, 5.41) is 0. The summed E-state index contributed by atoms with van der Waals surface area (Å²) in [6.07, 6.45) is 0. The molecule has 0 amide bonds. The summed E-state index contributed by atoms with van der Waals surface area (Å²) in [5.41, 5.74) is 1.01. The van der Waals surface area contributed by atoms with Gasteiger partial charge in [0.05, 0.1) is 0 Å². The molecule has 2 aromatic rings. The molecule has 2 aromatic carbocycles. The number of ether oxygens (including phenoxy) is 1. The maximum absolute atomic E-state index is 12.3. The molecule has 19 heavy (non-hydrogen) atoms. The highest BCUT2D eigenvalue weighted by Gasteiger charge is 2.09. The summed E-state index contributed by atoms with van der Waals surface area (Å²) in [6, 6.07) is 15.2. The second-order valence-electron chi connectivity index (χ2n) is 3.72. The van der Waals surface area contributed by atoms with Crippen LogP contribution in [0.1, 0.15) is 5.56 Å². The summed E-state index contributed by atoms with van der Waals surface area (Å²) in [7, 11) is -4.99. The Morgan fingerprint density at radius 1 is 0.895 bits per heavy atom. The van der Waals surface area contributed by atoms with Crippen molar-refractivity contribution in [1.82, 2.24) is 0 Å². The van der Waals surface area contributed by atoms with E-state index in [-0.39, 0.29) is 5.75 Å². The fourth-order valence-electron chi connectivity index (χ4n) is 1.45. The predicted octanol–water partition coefficient (Wildman–Crippen LogP) is 2.86. The quantitative estimate of drug-likeness (QED) is 0.791. The van der Waals surface area contributed by atoms with Gasteiger partial charge in [0.1, 0.15) is 18.1 Å². The molecular weight excluding hydrogens is 271 g/mol. The van der Waals surface area contributed by atoms with Gasteiger partial charge >= 0.3 is 10.5 Å². The van der Waals surface area contributed by atoms with E-state index in [2.05, 4.69) is 4.18 Å².